The fourth-order valence-corrected chi connectivity index (χ4v) is 2.15. The van der Waals surface area contributed by atoms with E-state index >= 15 is 0 Å². The molecule has 0 fully saturated rings. The Labute approximate surface area is 121 Å². The summed E-state index contributed by atoms with van der Waals surface area (Å²) in [4.78, 5) is 0. The maximum Gasteiger partial charge on any atom is 0.416 e. The summed E-state index contributed by atoms with van der Waals surface area (Å²) < 4.78 is 77.6. The van der Waals surface area contributed by atoms with Crippen molar-refractivity contribution in [1.29, 1.82) is 0 Å². The SMILES string of the molecule is OC(c1ccccc1C(F)(F)F)c1ccccc1C(F)(F)F. The Balaban J connectivity index is 2.58. The highest BCUT2D eigenvalue weighted by atomic mass is 19.4. The molecule has 1 nitrogen and oxygen atoms in total. The molecule has 0 aliphatic carbocycles. The van der Waals surface area contributed by atoms with Crippen molar-refractivity contribution in [2.75, 3.05) is 0 Å². The number of halogens is 6. The predicted molar refractivity (Wildman–Crippen MR) is 66.9 cm³/mol. The van der Waals surface area contributed by atoms with Crippen LogP contribution in [0.15, 0.2) is 48.5 Å². The summed E-state index contributed by atoms with van der Waals surface area (Å²) in [5.74, 6) is 0. The minimum absolute atomic E-state index is 0.619. The van der Waals surface area contributed by atoms with E-state index in [0.717, 1.165) is 36.4 Å². The maximum atomic E-state index is 12.9. The van der Waals surface area contributed by atoms with Crippen molar-refractivity contribution < 1.29 is 31.4 Å². The van der Waals surface area contributed by atoms with Crippen LogP contribution in [0.1, 0.15) is 28.4 Å². The van der Waals surface area contributed by atoms with Crippen molar-refractivity contribution >= 4 is 0 Å². The van der Waals surface area contributed by atoms with Crippen LogP contribution < -0.4 is 0 Å². The molecule has 0 saturated carbocycles. The first-order valence-electron chi connectivity index (χ1n) is 6.12. The molecule has 0 atom stereocenters. The van der Waals surface area contributed by atoms with Crippen molar-refractivity contribution in [3.8, 4) is 0 Å². The first-order chi connectivity index (χ1) is 10.1. The van der Waals surface area contributed by atoms with Crippen LogP contribution in [-0.4, -0.2) is 5.11 Å². The van der Waals surface area contributed by atoms with Crippen LogP contribution in [0.5, 0.6) is 0 Å². The van der Waals surface area contributed by atoms with E-state index in [1.165, 1.54) is 12.1 Å². The molecule has 0 unspecified atom stereocenters. The van der Waals surface area contributed by atoms with E-state index in [9.17, 15) is 31.4 Å². The average molecular weight is 320 g/mol. The second kappa shape index (κ2) is 5.64. The van der Waals surface area contributed by atoms with Crippen LogP contribution in [0, 0.1) is 0 Å². The largest absolute Gasteiger partial charge is 0.416 e. The smallest absolute Gasteiger partial charge is 0.384 e. The van der Waals surface area contributed by atoms with E-state index in [-0.39, 0.29) is 0 Å². The molecule has 0 aromatic heterocycles. The third kappa shape index (κ3) is 3.24. The zero-order valence-electron chi connectivity index (χ0n) is 10.9. The highest BCUT2D eigenvalue weighted by molar-refractivity contribution is 5.41. The number of benzene rings is 2. The first-order valence-corrected chi connectivity index (χ1v) is 6.12. The highest BCUT2D eigenvalue weighted by Gasteiger charge is 2.38. The predicted octanol–water partition coefficient (Wildman–Crippen LogP) is 4.81. The Kier molecular flexibility index (Phi) is 4.19. The van der Waals surface area contributed by atoms with Gasteiger partial charge in [-0.25, -0.2) is 0 Å². The van der Waals surface area contributed by atoms with Crippen molar-refractivity contribution in [2.45, 2.75) is 18.5 Å². The van der Waals surface area contributed by atoms with E-state index in [1.807, 2.05) is 0 Å². The summed E-state index contributed by atoms with van der Waals surface area (Å²) in [5, 5.41) is 10.1. The maximum absolute atomic E-state index is 12.9. The van der Waals surface area contributed by atoms with Gasteiger partial charge in [-0.1, -0.05) is 36.4 Å². The van der Waals surface area contributed by atoms with E-state index in [4.69, 9.17) is 0 Å². The minimum Gasteiger partial charge on any atom is -0.384 e. The van der Waals surface area contributed by atoms with Gasteiger partial charge in [0.25, 0.3) is 0 Å². The van der Waals surface area contributed by atoms with Gasteiger partial charge in [-0.05, 0) is 23.3 Å². The normalized spacial score (nSPS) is 12.7. The van der Waals surface area contributed by atoms with Crippen LogP contribution >= 0.6 is 0 Å². The third-order valence-electron chi connectivity index (χ3n) is 3.12. The number of hydrogen-bond donors (Lipinski definition) is 1. The number of hydrogen-bond acceptors (Lipinski definition) is 1. The van der Waals surface area contributed by atoms with Crippen molar-refractivity contribution in [3.63, 3.8) is 0 Å². The number of alkyl halides is 6. The molecule has 7 heteroatoms. The molecule has 0 aliphatic rings. The van der Waals surface area contributed by atoms with Crippen molar-refractivity contribution in [2.24, 2.45) is 0 Å². The summed E-state index contributed by atoms with van der Waals surface area (Å²) in [7, 11) is 0. The molecule has 0 bridgehead atoms. The Bertz CT molecular complexity index is 602. The van der Waals surface area contributed by atoms with Gasteiger partial charge in [0.1, 0.15) is 6.10 Å². The van der Waals surface area contributed by atoms with E-state index < -0.39 is 40.7 Å². The number of rotatable bonds is 2. The lowest BCUT2D eigenvalue weighted by Gasteiger charge is -2.21. The summed E-state index contributed by atoms with van der Waals surface area (Å²) in [6.07, 6.45) is -11.6. The minimum atomic E-state index is -4.77. The lowest BCUT2D eigenvalue weighted by molar-refractivity contribution is -0.139. The number of aliphatic hydroxyl groups is 1. The Morgan fingerprint density at radius 3 is 1.27 bits per heavy atom. The van der Waals surface area contributed by atoms with Gasteiger partial charge >= 0.3 is 12.4 Å². The fraction of sp³-hybridized carbons (Fsp3) is 0.200. The van der Waals surface area contributed by atoms with Crippen LogP contribution in [0.25, 0.3) is 0 Å². The van der Waals surface area contributed by atoms with E-state index in [0.29, 0.717) is 0 Å². The first kappa shape index (κ1) is 16.4. The molecule has 0 amide bonds. The molecule has 0 spiro atoms. The summed E-state index contributed by atoms with van der Waals surface area (Å²) in [5.41, 5.74) is -3.57. The van der Waals surface area contributed by atoms with Gasteiger partial charge in [-0.3, -0.25) is 0 Å². The third-order valence-corrected chi connectivity index (χ3v) is 3.12. The molecule has 118 valence electrons. The summed E-state index contributed by atoms with van der Waals surface area (Å²) in [6.45, 7) is 0. The van der Waals surface area contributed by atoms with Crippen molar-refractivity contribution in [1.82, 2.24) is 0 Å². The molecule has 1 N–H and O–H groups in total. The van der Waals surface area contributed by atoms with Crippen LogP contribution in [0.2, 0.25) is 0 Å². The van der Waals surface area contributed by atoms with Gasteiger partial charge in [0.05, 0.1) is 11.1 Å². The summed E-state index contributed by atoms with van der Waals surface area (Å²) >= 11 is 0. The Morgan fingerprint density at radius 1 is 0.636 bits per heavy atom. The van der Waals surface area contributed by atoms with Crippen LogP contribution in [0.3, 0.4) is 0 Å². The molecular weight excluding hydrogens is 310 g/mol. The van der Waals surface area contributed by atoms with Crippen LogP contribution in [-0.2, 0) is 12.4 Å². The molecule has 2 rings (SSSR count). The quantitative estimate of drug-likeness (QED) is 0.788. The molecule has 0 radical (unpaired) electrons. The second-order valence-corrected chi connectivity index (χ2v) is 4.57. The van der Waals surface area contributed by atoms with E-state index in [2.05, 4.69) is 0 Å². The topological polar surface area (TPSA) is 20.2 Å². The molecular formula is C15H10F6O. The van der Waals surface area contributed by atoms with Crippen LogP contribution in [0.4, 0.5) is 26.3 Å². The summed E-state index contributed by atoms with van der Waals surface area (Å²) in [6, 6.07) is 8.02. The lowest BCUT2D eigenvalue weighted by Crippen LogP contribution is -2.16. The molecule has 0 heterocycles. The zero-order valence-corrected chi connectivity index (χ0v) is 10.9. The standard InChI is InChI=1S/C15H10F6O/c16-14(17,18)11-7-3-1-5-9(11)13(22)10-6-2-4-8-12(10)15(19,20)21/h1-8,13,22H. The molecule has 22 heavy (non-hydrogen) atoms. The van der Waals surface area contributed by atoms with Gasteiger partial charge in [-0.15, -0.1) is 0 Å². The number of aliphatic hydroxyl groups excluding tert-OH is 1. The van der Waals surface area contributed by atoms with Gasteiger partial charge in [0, 0.05) is 0 Å². The Morgan fingerprint density at radius 2 is 0.955 bits per heavy atom. The molecule has 0 aliphatic heterocycles. The van der Waals surface area contributed by atoms with Gasteiger partial charge in [-0.2, -0.15) is 26.3 Å². The van der Waals surface area contributed by atoms with Gasteiger partial charge in [0.15, 0.2) is 0 Å². The molecule has 2 aromatic rings. The van der Waals surface area contributed by atoms with Gasteiger partial charge < -0.3 is 5.11 Å². The van der Waals surface area contributed by atoms with Crippen molar-refractivity contribution in [3.05, 3.63) is 70.8 Å². The highest BCUT2D eigenvalue weighted by Crippen LogP contribution is 2.40. The monoisotopic (exact) mass is 320 g/mol. The molecule has 0 saturated heterocycles. The lowest BCUT2D eigenvalue weighted by atomic mass is 9.93. The fourth-order valence-electron chi connectivity index (χ4n) is 2.15. The second-order valence-electron chi connectivity index (χ2n) is 4.57. The zero-order chi connectivity index (χ0) is 16.5. The van der Waals surface area contributed by atoms with Gasteiger partial charge in [0.2, 0.25) is 0 Å². The van der Waals surface area contributed by atoms with E-state index in [1.54, 1.807) is 0 Å². The molecule has 2 aromatic carbocycles. The Hall–Kier alpha value is -2.02. The average Bonchev–Trinajstić information content (AvgIpc) is 2.45.